The van der Waals surface area contributed by atoms with E-state index in [1.165, 1.54) is 10.6 Å². The minimum atomic E-state index is -1.32. The van der Waals surface area contributed by atoms with E-state index in [0.717, 1.165) is 0 Å². The van der Waals surface area contributed by atoms with E-state index < -0.39 is 11.5 Å². The van der Waals surface area contributed by atoms with Crippen molar-refractivity contribution in [2.75, 3.05) is 0 Å². The lowest BCUT2D eigenvalue weighted by molar-refractivity contribution is 0.0694. The van der Waals surface area contributed by atoms with E-state index in [0.29, 0.717) is 39.1 Å². The molecule has 34 heavy (non-hydrogen) atoms. The molecular weight excluding hydrogens is 434 g/mol. The fraction of sp³-hybridized carbons (Fsp3) is 0.0400. The van der Waals surface area contributed by atoms with Gasteiger partial charge in [0.1, 0.15) is 28.7 Å². The summed E-state index contributed by atoms with van der Waals surface area (Å²) in [5.74, 6) is -0.646. The van der Waals surface area contributed by atoms with Crippen LogP contribution in [0.2, 0.25) is 0 Å². The molecule has 170 valence electrons. The Bertz CT molecular complexity index is 1520. The van der Waals surface area contributed by atoms with Crippen LogP contribution in [0.1, 0.15) is 27.0 Å². The Labute approximate surface area is 193 Å². The Hall–Kier alpha value is -4.92. The Kier molecular flexibility index (Phi) is 5.84. The van der Waals surface area contributed by atoms with Gasteiger partial charge in [-0.2, -0.15) is 0 Å². The number of hydrogen-bond donors (Lipinski definition) is 5. The molecule has 3 aromatic carbocycles. The third-order valence-electron chi connectivity index (χ3n) is 5.26. The van der Waals surface area contributed by atoms with Gasteiger partial charge in [-0.15, -0.1) is 0 Å². The van der Waals surface area contributed by atoms with Gasteiger partial charge in [0, 0.05) is 17.2 Å². The highest BCUT2D eigenvalue weighted by molar-refractivity contribution is 5.96. The van der Waals surface area contributed by atoms with Crippen molar-refractivity contribution in [2.45, 2.75) is 6.54 Å². The Balaban J connectivity index is 1.82. The summed E-state index contributed by atoms with van der Waals surface area (Å²) in [6, 6.07) is 19.9. The van der Waals surface area contributed by atoms with Gasteiger partial charge in [0.25, 0.3) is 5.56 Å². The normalized spacial score (nSPS) is 10.7. The molecule has 4 rings (SSSR count). The lowest BCUT2D eigenvalue weighted by Crippen LogP contribution is -2.27. The number of nitrogens with zero attached hydrogens (tertiary/aromatic N) is 1. The number of carboxylic acids is 1. The number of pyridine rings is 1. The first-order valence-electron chi connectivity index (χ1n) is 10.2. The van der Waals surface area contributed by atoms with Crippen molar-refractivity contribution in [2.24, 2.45) is 11.5 Å². The first-order chi connectivity index (χ1) is 16.2. The summed E-state index contributed by atoms with van der Waals surface area (Å²) in [6.45, 7) is 0.0703. The molecule has 0 saturated heterocycles. The van der Waals surface area contributed by atoms with Gasteiger partial charge >= 0.3 is 5.97 Å². The van der Waals surface area contributed by atoms with Crippen LogP contribution in [0.3, 0.4) is 0 Å². The van der Waals surface area contributed by atoms with Crippen molar-refractivity contribution < 1.29 is 14.6 Å². The number of ether oxygens (including phenoxy) is 1. The zero-order valence-electron chi connectivity index (χ0n) is 17.9. The van der Waals surface area contributed by atoms with Crippen LogP contribution < -0.4 is 21.8 Å². The summed E-state index contributed by atoms with van der Waals surface area (Å²) in [5.41, 5.74) is 12.3. The molecule has 0 bridgehead atoms. The van der Waals surface area contributed by atoms with Gasteiger partial charge in [-0.1, -0.05) is 30.3 Å². The van der Waals surface area contributed by atoms with Crippen LogP contribution >= 0.6 is 0 Å². The highest BCUT2D eigenvalue weighted by atomic mass is 16.5. The molecule has 0 fully saturated rings. The third kappa shape index (κ3) is 4.49. The monoisotopic (exact) mass is 455 g/mol. The zero-order valence-corrected chi connectivity index (χ0v) is 17.9. The molecule has 0 spiro atoms. The molecule has 7 N–H and O–H groups in total. The number of benzene rings is 3. The Morgan fingerprint density at radius 3 is 2.21 bits per heavy atom. The molecule has 0 aliphatic heterocycles. The van der Waals surface area contributed by atoms with E-state index in [-0.39, 0.29) is 23.8 Å². The number of fused-ring (bicyclic) bond motifs is 1. The smallest absolute Gasteiger partial charge is 0.341 e. The van der Waals surface area contributed by atoms with E-state index in [1.54, 1.807) is 66.7 Å². The zero-order chi connectivity index (χ0) is 24.4. The van der Waals surface area contributed by atoms with E-state index in [4.69, 9.17) is 27.0 Å². The molecule has 0 unspecified atom stereocenters. The molecular formula is C25H21N5O4. The van der Waals surface area contributed by atoms with Gasteiger partial charge < -0.3 is 25.9 Å². The standard InChI is InChI=1S/C25H21N5O4/c26-22(27)16-4-1-3-14(9-16)13-30-21-12-19(34-18-6-2-5-17(10-18)23(28)29)8-7-15(21)11-20(24(30)31)25(32)33/h1-12H,13H2,(H3,26,27)(H3,28,29)(H,32,33). The summed E-state index contributed by atoms with van der Waals surface area (Å²) in [6.07, 6.45) is 0. The molecule has 1 aromatic heterocycles. The number of nitrogens with two attached hydrogens (primary N) is 2. The van der Waals surface area contributed by atoms with Gasteiger partial charge in [-0.05, 0) is 47.3 Å². The average Bonchev–Trinajstić information content (AvgIpc) is 2.81. The van der Waals surface area contributed by atoms with Crippen LogP contribution in [0, 0.1) is 10.8 Å². The van der Waals surface area contributed by atoms with Crippen LogP contribution in [0.5, 0.6) is 11.5 Å². The van der Waals surface area contributed by atoms with Crippen molar-refractivity contribution in [1.82, 2.24) is 4.57 Å². The fourth-order valence-corrected chi connectivity index (χ4v) is 3.61. The third-order valence-corrected chi connectivity index (χ3v) is 5.26. The predicted octanol–water partition coefficient (Wildman–Crippen LogP) is 3.11. The van der Waals surface area contributed by atoms with Crippen molar-refractivity contribution in [3.63, 3.8) is 0 Å². The second-order valence-electron chi connectivity index (χ2n) is 7.63. The quantitative estimate of drug-likeness (QED) is 0.212. The molecule has 4 aromatic rings. The summed E-state index contributed by atoms with van der Waals surface area (Å²) in [4.78, 5) is 24.8. The van der Waals surface area contributed by atoms with Crippen LogP contribution in [0.15, 0.2) is 77.6 Å². The highest BCUT2D eigenvalue weighted by Gasteiger charge is 2.16. The SMILES string of the molecule is N=C(N)c1cccc(Cn2c(=O)c(C(=O)O)cc3ccc(Oc4cccc(C(=N)N)c4)cc32)c1. The maximum atomic E-state index is 13.1. The van der Waals surface area contributed by atoms with Crippen LogP contribution in [0.25, 0.3) is 10.9 Å². The van der Waals surface area contributed by atoms with E-state index in [2.05, 4.69) is 0 Å². The lowest BCUT2D eigenvalue weighted by atomic mass is 10.1. The number of aromatic nitrogens is 1. The van der Waals surface area contributed by atoms with Gasteiger partial charge in [0.05, 0.1) is 12.1 Å². The Morgan fingerprint density at radius 2 is 1.53 bits per heavy atom. The first kappa shape index (κ1) is 22.3. The fourth-order valence-electron chi connectivity index (χ4n) is 3.61. The minimum absolute atomic E-state index is 0.0703. The molecule has 0 aliphatic carbocycles. The number of rotatable bonds is 7. The van der Waals surface area contributed by atoms with E-state index in [9.17, 15) is 14.7 Å². The average molecular weight is 455 g/mol. The number of amidine groups is 2. The van der Waals surface area contributed by atoms with Crippen molar-refractivity contribution in [1.29, 1.82) is 10.8 Å². The van der Waals surface area contributed by atoms with Crippen LogP contribution in [-0.2, 0) is 6.54 Å². The number of nitrogen functional groups attached to an aromatic ring is 2. The lowest BCUT2D eigenvalue weighted by Gasteiger charge is -2.14. The number of carbonyl (C=O) groups is 1. The second kappa shape index (κ2) is 8.91. The number of nitrogens with one attached hydrogen (secondary N) is 2. The maximum Gasteiger partial charge on any atom is 0.341 e. The second-order valence-corrected chi connectivity index (χ2v) is 7.63. The number of carboxylic acid groups (broad SMARTS) is 1. The molecule has 9 nitrogen and oxygen atoms in total. The minimum Gasteiger partial charge on any atom is -0.477 e. The first-order valence-corrected chi connectivity index (χ1v) is 10.2. The van der Waals surface area contributed by atoms with E-state index in [1.807, 2.05) is 0 Å². The van der Waals surface area contributed by atoms with Crippen molar-refractivity contribution in [3.8, 4) is 11.5 Å². The van der Waals surface area contributed by atoms with Gasteiger partial charge in [-0.25, -0.2) is 4.79 Å². The van der Waals surface area contributed by atoms with Crippen LogP contribution in [0.4, 0.5) is 0 Å². The summed E-state index contributed by atoms with van der Waals surface area (Å²) in [7, 11) is 0. The largest absolute Gasteiger partial charge is 0.477 e. The van der Waals surface area contributed by atoms with Crippen LogP contribution in [-0.4, -0.2) is 27.3 Å². The molecule has 9 heteroatoms. The molecule has 1 heterocycles. The highest BCUT2D eigenvalue weighted by Crippen LogP contribution is 2.27. The van der Waals surface area contributed by atoms with Crippen molar-refractivity contribution >= 4 is 28.5 Å². The summed E-state index contributed by atoms with van der Waals surface area (Å²) >= 11 is 0. The van der Waals surface area contributed by atoms with Gasteiger partial charge in [-0.3, -0.25) is 15.6 Å². The summed E-state index contributed by atoms with van der Waals surface area (Å²) in [5, 5.41) is 25.3. The molecule has 0 atom stereocenters. The van der Waals surface area contributed by atoms with Gasteiger partial charge in [0.2, 0.25) is 0 Å². The summed E-state index contributed by atoms with van der Waals surface area (Å²) < 4.78 is 7.28. The topological polar surface area (TPSA) is 168 Å². The maximum absolute atomic E-state index is 13.1. The number of aromatic carboxylic acids is 1. The Morgan fingerprint density at radius 1 is 0.882 bits per heavy atom. The molecule has 0 saturated carbocycles. The van der Waals surface area contributed by atoms with Gasteiger partial charge in [0.15, 0.2) is 0 Å². The van der Waals surface area contributed by atoms with E-state index >= 15 is 0 Å². The molecule has 0 aliphatic rings. The molecule has 0 amide bonds. The predicted molar refractivity (Wildman–Crippen MR) is 129 cm³/mol. The molecule has 0 radical (unpaired) electrons. The number of hydrogen-bond acceptors (Lipinski definition) is 5. The van der Waals surface area contributed by atoms with Crippen molar-refractivity contribution in [3.05, 3.63) is 105 Å².